The molecule has 20 heavy (non-hydrogen) atoms. The largest absolute Gasteiger partial charge is 0.398 e. The van der Waals surface area contributed by atoms with E-state index in [1.165, 1.54) is 4.31 Å². The van der Waals surface area contributed by atoms with Gasteiger partial charge in [-0.05, 0) is 37.3 Å². The molecule has 0 aliphatic carbocycles. The molecule has 6 heteroatoms. The fourth-order valence-corrected chi connectivity index (χ4v) is 4.20. The normalized spacial score (nSPS) is 19.9. The summed E-state index contributed by atoms with van der Waals surface area (Å²) in [7, 11) is -3.34. The van der Waals surface area contributed by atoms with Crippen molar-refractivity contribution < 1.29 is 13.5 Å². The summed E-state index contributed by atoms with van der Waals surface area (Å²) < 4.78 is 26.3. The van der Waals surface area contributed by atoms with Crippen molar-refractivity contribution in [2.45, 2.75) is 31.6 Å². The third-order valence-corrected chi connectivity index (χ3v) is 5.79. The molecule has 5 nitrogen and oxygen atoms in total. The first-order valence-corrected chi connectivity index (χ1v) is 8.50. The van der Waals surface area contributed by atoms with Crippen molar-refractivity contribution in [3.63, 3.8) is 0 Å². The van der Waals surface area contributed by atoms with Gasteiger partial charge >= 0.3 is 0 Å². The Morgan fingerprint density at radius 1 is 1.35 bits per heavy atom. The second-order valence-corrected chi connectivity index (χ2v) is 7.40. The SMILES string of the molecule is CC(O)C1CCN(S(=O)(=O)Cc2ccccc2N)CC1. The van der Waals surface area contributed by atoms with Crippen LogP contribution in [0.2, 0.25) is 0 Å². The van der Waals surface area contributed by atoms with Crippen LogP contribution in [0.3, 0.4) is 0 Å². The lowest BCUT2D eigenvalue weighted by Gasteiger charge is -2.32. The molecule has 1 saturated heterocycles. The van der Waals surface area contributed by atoms with Crippen LogP contribution in [0.1, 0.15) is 25.3 Å². The molecule has 1 aromatic rings. The van der Waals surface area contributed by atoms with Gasteiger partial charge in [-0.1, -0.05) is 18.2 Å². The highest BCUT2D eigenvalue weighted by Gasteiger charge is 2.30. The number of hydrogen-bond acceptors (Lipinski definition) is 4. The highest BCUT2D eigenvalue weighted by atomic mass is 32.2. The van der Waals surface area contributed by atoms with Crippen LogP contribution in [0.15, 0.2) is 24.3 Å². The molecule has 1 aliphatic rings. The molecule has 112 valence electrons. The quantitative estimate of drug-likeness (QED) is 0.818. The molecule has 1 fully saturated rings. The van der Waals surface area contributed by atoms with Crippen LogP contribution in [0.4, 0.5) is 5.69 Å². The van der Waals surface area contributed by atoms with Gasteiger partial charge in [0.05, 0.1) is 11.9 Å². The molecule has 1 heterocycles. The van der Waals surface area contributed by atoms with Gasteiger partial charge in [-0.15, -0.1) is 0 Å². The lowest BCUT2D eigenvalue weighted by molar-refractivity contribution is 0.0912. The monoisotopic (exact) mass is 298 g/mol. The van der Waals surface area contributed by atoms with Gasteiger partial charge in [0.1, 0.15) is 0 Å². The average molecular weight is 298 g/mol. The highest BCUT2D eigenvalue weighted by Crippen LogP contribution is 2.24. The van der Waals surface area contributed by atoms with Crippen LogP contribution in [0, 0.1) is 5.92 Å². The zero-order valence-corrected chi connectivity index (χ0v) is 12.5. The standard InChI is InChI=1S/C14H22N2O3S/c1-11(17)12-6-8-16(9-7-12)20(18,19)10-13-4-2-3-5-14(13)15/h2-5,11-12,17H,6-10,15H2,1H3. The van der Waals surface area contributed by atoms with Crippen molar-refractivity contribution in [1.82, 2.24) is 4.31 Å². The van der Waals surface area contributed by atoms with E-state index in [0.29, 0.717) is 37.2 Å². The smallest absolute Gasteiger partial charge is 0.218 e. The van der Waals surface area contributed by atoms with Gasteiger partial charge in [0.2, 0.25) is 10.0 Å². The number of nitrogens with two attached hydrogens (primary N) is 1. The molecule has 1 aromatic carbocycles. The highest BCUT2D eigenvalue weighted by molar-refractivity contribution is 7.88. The van der Waals surface area contributed by atoms with Crippen LogP contribution < -0.4 is 5.73 Å². The van der Waals surface area contributed by atoms with E-state index in [0.717, 1.165) is 0 Å². The van der Waals surface area contributed by atoms with E-state index in [2.05, 4.69) is 0 Å². The van der Waals surface area contributed by atoms with Crippen LogP contribution >= 0.6 is 0 Å². The minimum Gasteiger partial charge on any atom is -0.398 e. The van der Waals surface area contributed by atoms with Crippen LogP contribution in [0.25, 0.3) is 0 Å². The second kappa shape index (κ2) is 6.11. The Balaban J connectivity index is 2.04. The number of nitrogen functional groups attached to an aromatic ring is 1. The molecule has 0 saturated carbocycles. The molecule has 0 aromatic heterocycles. The Kier molecular flexibility index (Phi) is 4.67. The van der Waals surface area contributed by atoms with Crippen molar-refractivity contribution in [1.29, 1.82) is 0 Å². The Morgan fingerprint density at radius 2 is 1.95 bits per heavy atom. The molecule has 1 aliphatic heterocycles. The van der Waals surface area contributed by atoms with Gasteiger partial charge in [0.15, 0.2) is 0 Å². The number of hydrogen-bond donors (Lipinski definition) is 2. The third-order valence-electron chi connectivity index (χ3n) is 3.97. The van der Waals surface area contributed by atoms with E-state index in [1.54, 1.807) is 31.2 Å². The average Bonchev–Trinajstić information content (AvgIpc) is 2.41. The summed E-state index contributed by atoms with van der Waals surface area (Å²) in [5.41, 5.74) is 6.96. The van der Waals surface area contributed by atoms with E-state index in [9.17, 15) is 13.5 Å². The van der Waals surface area contributed by atoms with Crippen molar-refractivity contribution in [2.24, 2.45) is 5.92 Å². The molecule has 1 unspecified atom stereocenters. The van der Waals surface area contributed by atoms with Gasteiger partial charge in [-0.3, -0.25) is 0 Å². The Bertz CT molecular complexity index is 549. The number of aliphatic hydroxyl groups is 1. The van der Waals surface area contributed by atoms with E-state index in [1.807, 2.05) is 0 Å². The van der Waals surface area contributed by atoms with Gasteiger partial charge in [0, 0.05) is 18.8 Å². The molecule has 0 amide bonds. The number of rotatable bonds is 4. The summed E-state index contributed by atoms with van der Waals surface area (Å²) in [6.45, 7) is 2.72. The van der Waals surface area contributed by atoms with Crippen LogP contribution in [0.5, 0.6) is 0 Å². The first-order valence-electron chi connectivity index (χ1n) is 6.89. The maximum Gasteiger partial charge on any atom is 0.218 e. The van der Waals surface area contributed by atoms with Gasteiger partial charge in [-0.2, -0.15) is 0 Å². The Labute approximate surface area is 120 Å². The number of sulfonamides is 1. The number of nitrogens with zero attached hydrogens (tertiary/aromatic N) is 1. The molecule has 0 spiro atoms. The summed E-state index contributed by atoms with van der Waals surface area (Å²) in [5.74, 6) is 0.141. The summed E-state index contributed by atoms with van der Waals surface area (Å²) in [6.07, 6.45) is 1.05. The van der Waals surface area contributed by atoms with Crippen LogP contribution in [-0.2, 0) is 15.8 Å². The van der Waals surface area contributed by atoms with Gasteiger partial charge < -0.3 is 10.8 Å². The maximum atomic E-state index is 12.4. The predicted octanol–water partition coefficient (Wildman–Crippen LogP) is 1.19. The lowest BCUT2D eigenvalue weighted by Crippen LogP contribution is -2.41. The molecular formula is C14H22N2O3S. The van der Waals surface area contributed by atoms with E-state index < -0.39 is 10.0 Å². The molecule has 2 rings (SSSR count). The number of benzene rings is 1. The number of aliphatic hydroxyl groups excluding tert-OH is 1. The Hall–Kier alpha value is -1.11. The summed E-state index contributed by atoms with van der Waals surface area (Å²) >= 11 is 0. The van der Waals surface area contributed by atoms with Crippen LogP contribution in [-0.4, -0.2) is 37.0 Å². The minimum atomic E-state index is -3.34. The number of para-hydroxylation sites is 1. The fourth-order valence-electron chi connectivity index (χ4n) is 2.59. The van der Waals surface area contributed by atoms with E-state index in [4.69, 9.17) is 5.73 Å². The van der Waals surface area contributed by atoms with Crippen molar-refractivity contribution in [3.05, 3.63) is 29.8 Å². The number of piperidine rings is 1. The molecule has 0 bridgehead atoms. The summed E-state index contributed by atoms with van der Waals surface area (Å²) in [4.78, 5) is 0. The third kappa shape index (κ3) is 3.50. The molecule has 1 atom stereocenters. The zero-order valence-electron chi connectivity index (χ0n) is 11.7. The first-order chi connectivity index (χ1) is 9.40. The van der Waals surface area contributed by atoms with Gasteiger partial charge in [0.25, 0.3) is 0 Å². The fraction of sp³-hybridized carbons (Fsp3) is 0.571. The van der Waals surface area contributed by atoms with Crippen molar-refractivity contribution in [2.75, 3.05) is 18.8 Å². The van der Waals surface area contributed by atoms with Gasteiger partial charge in [-0.25, -0.2) is 12.7 Å². The molecule has 0 radical (unpaired) electrons. The van der Waals surface area contributed by atoms with Crippen molar-refractivity contribution >= 4 is 15.7 Å². The summed E-state index contributed by atoms with van der Waals surface area (Å²) in [6, 6.07) is 7.04. The zero-order chi connectivity index (χ0) is 14.8. The predicted molar refractivity (Wildman–Crippen MR) is 79.5 cm³/mol. The first kappa shape index (κ1) is 15.3. The number of anilines is 1. The minimum absolute atomic E-state index is 0.0565. The topological polar surface area (TPSA) is 83.6 Å². The summed E-state index contributed by atoms with van der Waals surface area (Å²) in [5, 5.41) is 9.55. The molecular weight excluding hydrogens is 276 g/mol. The van der Waals surface area contributed by atoms with E-state index in [-0.39, 0.29) is 17.8 Å². The molecule has 3 N–H and O–H groups in total. The van der Waals surface area contributed by atoms with E-state index >= 15 is 0 Å². The second-order valence-electron chi connectivity index (χ2n) is 5.43. The van der Waals surface area contributed by atoms with Crippen molar-refractivity contribution in [3.8, 4) is 0 Å². The Morgan fingerprint density at radius 3 is 2.50 bits per heavy atom. The lowest BCUT2D eigenvalue weighted by atomic mass is 9.93. The maximum absolute atomic E-state index is 12.4.